The van der Waals surface area contributed by atoms with E-state index >= 15 is 0 Å². The summed E-state index contributed by atoms with van der Waals surface area (Å²) in [5, 5.41) is 13.2. The number of rotatable bonds is 5. The van der Waals surface area contributed by atoms with Gasteiger partial charge in [-0.05, 0) is 43.2 Å². The number of aromatic nitrogens is 1. The minimum absolute atomic E-state index is 0.0540. The van der Waals surface area contributed by atoms with Gasteiger partial charge in [-0.25, -0.2) is 9.59 Å². The first kappa shape index (κ1) is 19.6. The highest BCUT2D eigenvalue weighted by molar-refractivity contribution is 6.31. The molecule has 28 heavy (non-hydrogen) atoms. The van der Waals surface area contributed by atoms with Crippen LogP contribution in [0.25, 0.3) is 0 Å². The quantitative estimate of drug-likeness (QED) is 0.745. The molecule has 144 valence electrons. The van der Waals surface area contributed by atoms with E-state index in [1.54, 1.807) is 62.6 Å². The molecule has 1 aliphatic rings. The molecule has 2 aromatic rings. The number of allylic oxidation sites excluding steroid dienone is 2. The lowest BCUT2D eigenvalue weighted by atomic mass is 9.80. The largest absolute Gasteiger partial charge is 0.478 e. The van der Waals surface area contributed by atoms with E-state index in [-0.39, 0.29) is 17.8 Å². The van der Waals surface area contributed by atoms with Gasteiger partial charge in [0, 0.05) is 28.8 Å². The SMILES string of the molecule is CC1=C(C(=O)O)C(c2ccccc2Cl)C(C(=O)OCc2ccncc2)=C(C)N1. The molecule has 1 aliphatic heterocycles. The Morgan fingerprint density at radius 1 is 1.11 bits per heavy atom. The number of carboxylic acid groups (broad SMARTS) is 1. The fourth-order valence-corrected chi connectivity index (χ4v) is 3.52. The molecular weight excluding hydrogens is 380 g/mol. The zero-order valence-corrected chi connectivity index (χ0v) is 16.2. The molecule has 1 aromatic heterocycles. The molecule has 1 atom stereocenters. The van der Waals surface area contributed by atoms with Crippen molar-refractivity contribution < 1.29 is 19.4 Å². The standard InChI is InChI=1S/C21H19ClN2O4/c1-12-17(20(25)26)19(15-5-3-4-6-16(15)22)18(13(2)24-12)21(27)28-11-14-7-9-23-10-8-14/h3-10,19,24H,11H2,1-2H3,(H,25,26). The summed E-state index contributed by atoms with van der Waals surface area (Å²) < 4.78 is 5.47. The van der Waals surface area contributed by atoms with Crippen LogP contribution in [-0.4, -0.2) is 22.0 Å². The summed E-state index contributed by atoms with van der Waals surface area (Å²) in [6.45, 7) is 3.43. The van der Waals surface area contributed by atoms with Crippen LogP contribution in [0.4, 0.5) is 0 Å². The van der Waals surface area contributed by atoms with Crippen LogP contribution in [0, 0.1) is 0 Å². The molecule has 0 bridgehead atoms. The molecule has 2 heterocycles. The van der Waals surface area contributed by atoms with Gasteiger partial charge in [0.05, 0.1) is 17.1 Å². The predicted octanol–water partition coefficient (Wildman–Crippen LogP) is 3.80. The maximum Gasteiger partial charge on any atom is 0.337 e. The van der Waals surface area contributed by atoms with Gasteiger partial charge in [0.15, 0.2) is 0 Å². The topological polar surface area (TPSA) is 88.5 Å². The highest BCUT2D eigenvalue weighted by Gasteiger charge is 2.38. The third kappa shape index (κ3) is 3.92. The summed E-state index contributed by atoms with van der Waals surface area (Å²) in [7, 11) is 0. The van der Waals surface area contributed by atoms with Crippen molar-refractivity contribution in [3.8, 4) is 0 Å². The number of carboxylic acids is 1. The molecule has 0 aliphatic carbocycles. The van der Waals surface area contributed by atoms with E-state index in [0.717, 1.165) is 5.56 Å². The number of ether oxygens (including phenoxy) is 1. The molecular formula is C21H19ClN2O4. The third-order valence-electron chi connectivity index (χ3n) is 4.55. The van der Waals surface area contributed by atoms with Crippen LogP contribution in [0.2, 0.25) is 5.02 Å². The summed E-state index contributed by atoms with van der Waals surface area (Å²) in [4.78, 5) is 28.9. The minimum Gasteiger partial charge on any atom is -0.478 e. The van der Waals surface area contributed by atoms with E-state index in [1.165, 1.54) is 0 Å². The second-order valence-corrected chi connectivity index (χ2v) is 6.80. The van der Waals surface area contributed by atoms with Crippen molar-refractivity contribution in [1.82, 2.24) is 10.3 Å². The molecule has 2 N–H and O–H groups in total. The van der Waals surface area contributed by atoms with Crippen LogP contribution < -0.4 is 5.32 Å². The number of halogens is 1. The minimum atomic E-state index is -1.12. The van der Waals surface area contributed by atoms with Crippen molar-refractivity contribution in [2.45, 2.75) is 26.4 Å². The second kappa shape index (κ2) is 8.27. The first-order valence-corrected chi connectivity index (χ1v) is 9.00. The fraction of sp³-hybridized carbons (Fsp3) is 0.190. The van der Waals surface area contributed by atoms with Crippen LogP contribution in [0.15, 0.2) is 71.3 Å². The van der Waals surface area contributed by atoms with Crippen molar-refractivity contribution in [3.05, 3.63) is 87.5 Å². The highest BCUT2D eigenvalue weighted by Crippen LogP contribution is 2.41. The Hall–Kier alpha value is -3.12. The Balaban J connectivity index is 2.01. The Bertz CT molecular complexity index is 983. The molecule has 0 saturated carbocycles. The lowest BCUT2D eigenvalue weighted by molar-refractivity contribution is -0.140. The lowest BCUT2D eigenvalue weighted by Crippen LogP contribution is -2.31. The van der Waals surface area contributed by atoms with Crippen LogP contribution in [0.5, 0.6) is 0 Å². The number of hydrogen-bond acceptors (Lipinski definition) is 5. The first-order valence-electron chi connectivity index (χ1n) is 8.62. The van der Waals surface area contributed by atoms with E-state index in [4.69, 9.17) is 16.3 Å². The van der Waals surface area contributed by atoms with E-state index < -0.39 is 17.9 Å². The van der Waals surface area contributed by atoms with Crippen molar-refractivity contribution in [2.75, 3.05) is 0 Å². The molecule has 0 spiro atoms. The molecule has 0 amide bonds. The average Bonchev–Trinajstić information content (AvgIpc) is 2.66. The lowest BCUT2D eigenvalue weighted by Gasteiger charge is -2.30. The van der Waals surface area contributed by atoms with Crippen LogP contribution in [0.3, 0.4) is 0 Å². The molecule has 0 radical (unpaired) electrons. The van der Waals surface area contributed by atoms with Gasteiger partial charge < -0.3 is 15.2 Å². The van der Waals surface area contributed by atoms with Gasteiger partial charge in [-0.2, -0.15) is 0 Å². The first-order chi connectivity index (χ1) is 13.4. The van der Waals surface area contributed by atoms with Crippen molar-refractivity contribution in [1.29, 1.82) is 0 Å². The number of carbonyl (C=O) groups is 2. The number of nitrogens with one attached hydrogen (secondary N) is 1. The number of dihydropyridines is 1. The number of aliphatic carboxylic acids is 1. The predicted molar refractivity (Wildman–Crippen MR) is 104 cm³/mol. The maximum absolute atomic E-state index is 13.0. The molecule has 6 nitrogen and oxygen atoms in total. The van der Waals surface area contributed by atoms with Gasteiger partial charge in [-0.3, -0.25) is 4.98 Å². The van der Waals surface area contributed by atoms with Gasteiger partial charge in [-0.1, -0.05) is 29.8 Å². The van der Waals surface area contributed by atoms with Crippen LogP contribution in [-0.2, 0) is 20.9 Å². The highest BCUT2D eigenvalue weighted by atomic mass is 35.5. The monoisotopic (exact) mass is 398 g/mol. The summed E-state index contributed by atoms with van der Waals surface area (Å²) in [5.74, 6) is -2.56. The molecule has 0 fully saturated rings. The summed E-state index contributed by atoms with van der Waals surface area (Å²) >= 11 is 6.35. The van der Waals surface area contributed by atoms with E-state index in [0.29, 0.717) is 22.0 Å². The Morgan fingerprint density at radius 3 is 2.39 bits per heavy atom. The molecule has 7 heteroatoms. The van der Waals surface area contributed by atoms with Crippen LogP contribution >= 0.6 is 11.6 Å². The van der Waals surface area contributed by atoms with E-state index in [1.807, 2.05) is 0 Å². The van der Waals surface area contributed by atoms with E-state index in [9.17, 15) is 14.7 Å². The zero-order valence-electron chi connectivity index (χ0n) is 15.4. The van der Waals surface area contributed by atoms with Crippen molar-refractivity contribution in [3.63, 3.8) is 0 Å². The smallest absolute Gasteiger partial charge is 0.337 e. The molecule has 1 unspecified atom stereocenters. The number of benzene rings is 1. The van der Waals surface area contributed by atoms with Crippen molar-refractivity contribution >= 4 is 23.5 Å². The number of nitrogens with zero attached hydrogens (tertiary/aromatic N) is 1. The van der Waals surface area contributed by atoms with Crippen LogP contribution in [0.1, 0.15) is 30.9 Å². The molecule has 3 rings (SSSR count). The van der Waals surface area contributed by atoms with Gasteiger partial charge in [-0.15, -0.1) is 0 Å². The summed E-state index contributed by atoms with van der Waals surface area (Å²) in [5.41, 5.74) is 2.61. The second-order valence-electron chi connectivity index (χ2n) is 6.39. The maximum atomic E-state index is 13.0. The fourth-order valence-electron chi connectivity index (χ4n) is 3.27. The zero-order chi connectivity index (χ0) is 20.3. The Kier molecular flexibility index (Phi) is 5.80. The van der Waals surface area contributed by atoms with Gasteiger partial charge in [0.1, 0.15) is 6.61 Å². The van der Waals surface area contributed by atoms with Gasteiger partial charge >= 0.3 is 11.9 Å². The summed E-state index contributed by atoms with van der Waals surface area (Å²) in [6, 6.07) is 10.4. The third-order valence-corrected chi connectivity index (χ3v) is 4.89. The van der Waals surface area contributed by atoms with Crippen molar-refractivity contribution in [2.24, 2.45) is 0 Å². The average molecular weight is 399 g/mol. The number of hydrogen-bond donors (Lipinski definition) is 2. The van der Waals surface area contributed by atoms with E-state index in [2.05, 4.69) is 10.3 Å². The molecule has 0 saturated heterocycles. The normalized spacial score (nSPS) is 16.6. The number of esters is 1. The number of pyridine rings is 1. The Labute approximate surface area is 167 Å². The Morgan fingerprint density at radius 2 is 1.75 bits per heavy atom. The van der Waals surface area contributed by atoms with Gasteiger partial charge in [0.2, 0.25) is 0 Å². The summed E-state index contributed by atoms with van der Waals surface area (Å²) in [6.07, 6.45) is 3.22. The number of carbonyl (C=O) groups excluding carboxylic acids is 1. The van der Waals surface area contributed by atoms with Gasteiger partial charge in [0.25, 0.3) is 0 Å². The molecule has 1 aromatic carbocycles.